The lowest BCUT2D eigenvalue weighted by molar-refractivity contribution is 0.0703. The third-order valence-corrected chi connectivity index (χ3v) is 5.06. The molecule has 0 saturated carbocycles. The molecule has 108 valence electrons. The summed E-state index contributed by atoms with van der Waals surface area (Å²) in [7, 11) is 0. The summed E-state index contributed by atoms with van der Waals surface area (Å²) >= 11 is 2.58. The summed E-state index contributed by atoms with van der Waals surface area (Å²) in [5, 5.41) is 28.7. The minimum Gasteiger partial charge on any atom is -0.508 e. The number of hydrogen-bond acceptors (Lipinski definition) is 5. The van der Waals surface area contributed by atoms with Crippen LogP contribution in [0.15, 0.2) is 28.5 Å². The molecular weight excluding hydrogens is 306 g/mol. The van der Waals surface area contributed by atoms with Crippen LogP contribution < -0.4 is 0 Å². The van der Waals surface area contributed by atoms with Crippen molar-refractivity contribution in [2.45, 2.75) is 23.3 Å². The molecule has 0 atom stereocenters. The molecule has 1 aromatic heterocycles. The second kappa shape index (κ2) is 6.20. The average Bonchev–Trinajstić information content (AvgIpc) is 2.76. The van der Waals surface area contributed by atoms with Crippen molar-refractivity contribution in [3.8, 4) is 22.9 Å². The fraction of sp³-hybridized carbons (Fsp3) is 0.200. The molecule has 2 rings (SSSR count). The zero-order valence-corrected chi connectivity index (χ0v) is 13.1. The molecule has 4 nitrogen and oxygen atoms in total. The highest BCUT2D eigenvalue weighted by Crippen LogP contribution is 2.43. The van der Waals surface area contributed by atoms with Gasteiger partial charge in [-0.2, -0.15) is 5.26 Å². The van der Waals surface area contributed by atoms with Gasteiger partial charge in [-0.15, -0.1) is 23.1 Å². The number of phenols is 1. The van der Waals surface area contributed by atoms with Gasteiger partial charge in [-0.25, -0.2) is 4.79 Å². The maximum Gasteiger partial charge on any atom is 0.346 e. The monoisotopic (exact) mass is 319 g/mol. The van der Waals surface area contributed by atoms with Crippen LogP contribution in [0.2, 0.25) is 0 Å². The Labute approximate surface area is 130 Å². The van der Waals surface area contributed by atoms with Crippen LogP contribution in [0.5, 0.6) is 5.75 Å². The van der Waals surface area contributed by atoms with Gasteiger partial charge in [0.05, 0.1) is 9.77 Å². The molecule has 6 heteroatoms. The maximum absolute atomic E-state index is 11.5. The quantitative estimate of drug-likeness (QED) is 0.826. The minimum atomic E-state index is -1.06. The first kappa shape index (κ1) is 15.4. The highest BCUT2D eigenvalue weighted by atomic mass is 32.2. The van der Waals surface area contributed by atoms with Crippen LogP contribution in [0.1, 0.15) is 29.1 Å². The number of phenolic OH excluding ortho intramolecular Hbond substituents is 1. The van der Waals surface area contributed by atoms with E-state index in [1.807, 2.05) is 13.8 Å². The van der Waals surface area contributed by atoms with Crippen molar-refractivity contribution < 1.29 is 15.0 Å². The molecule has 1 aromatic carbocycles. The third-order valence-electron chi connectivity index (χ3n) is 2.66. The number of aromatic carboxylic acids is 1. The zero-order chi connectivity index (χ0) is 15.6. The number of carboxylic acids is 1. The molecule has 0 unspecified atom stereocenters. The van der Waals surface area contributed by atoms with E-state index < -0.39 is 5.97 Å². The van der Waals surface area contributed by atoms with Crippen LogP contribution in [0.4, 0.5) is 0 Å². The summed E-state index contributed by atoms with van der Waals surface area (Å²) in [6.07, 6.45) is 0. The highest BCUT2D eigenvalue weighted by molar-refractivity contribution is 8.01. The number of aromatic hydroxyl groups is 1. The van der Waals surface area contributed by atoms with Gasteiger partial charge in [0.2, 0.25) is 0 Å². The lowest BCUT2D eigenvalue weighted by atomic mass is 10.0. The smallest absolute Gasteiger partial charge is 0.346 e. The Bertz CT molecular complexity index is 729. The predicted octanol–water partition coefficient (Wildman–Crippen LogP) is 4.19. The Morgan fingerprint density at radius 2 is 2.14 bits per heavy atom. The third kappa shape index (κ3) is 3.20. The lowest BCUT2D eigenvalue weighted by Crippen LogP contribution is -1.95. The van der Waals surface area contributed by atoms with Crippen molar-refractivity contribution in [2.75, 3.05) is 0 Å². The Balaban J connectivity index is 2.70. The van der Waals surface area contributed by atoms with Gasteiger partial charge in [0.25, 0.3) is 0 Å². The number of carbonyl (C=O) groups is 1. The maximum atomic E-state index is 11.5. The number of thioether (sulfide) groups is 1. The Morgan fingerprint density at radius 3 is 2.67 bits per heavy atom. The van der Waals surface area contributed by atoms with Crippen LogP contribution in [0.25, 0.3) is 11.1 Å². The van der Waals surface area contributed by atoms with E-state index in [-0.39, 0.29) is 15.9 Å². The van der Waals surface area contributed by atoms with E-state index in [9.17, 15) is 20.3 Å². The van der Waals surface area contributed by atoms with Gasteiger partial charge in [-0.1, -0.05) is 26.0 Å². The molecular formula is C15H13NO3S2. The first-order chi connectivity index (χ1) is 9.93. The topological polar surface area (TPSA) is 81.3 Å². The summed E-state index contributed by atoms with van der Waals surface area (Å²) < 4.78 is 0.697. The summed E-state index contributed by atoms with van der Waals surface area (Å²) in [4.78, 5) is 11.6. The standard InChI is InChI=1S/C15H13NO3S2/c1-8(2)20-15-11(7-16)12(13(21-15)14(18)19)9-4-3-5-10(17)6-9/h3-6,8,17H,1-2H3,(H,18,19). The van der Waals surface area contributed by atoms with E-state index in [4.69, 9.17) is 0 Å². The number of thiophene rings is 1. The molecule has 2 aromatic rings. The first-order valence-corrected chi connectivity index (χ1v) is 7.90. The van der Waals surface area contributed by atoms with Crippen LogP contribution in [-0.2, 0) is 0 Å². The molecule has 21 heavy (non-hydrogen) atoms. The van der Waals surface area contributed by atoms with Crippen molar-refractivity contribution in [1.82, 2.24) is 0 Å². The average molecular weight is 319 g/mol. The predicted molar refractivity (Wildman–Crippen MR) is 84.1 cm³/mol. The van der Waals surface area contributed by atoms with E-state index in [0.29, 0.717) is 20.9 Å². The lowest BCUT2D eigenvalue weighted by Gasteiger charge is -2.04. The van der Waals surface area contributed by atoms with Crippen molar-refractivity contribution in [3.05, 3.63) is 34.7 Å². The molecule has 0 aliphatic rings. The number of benzene rings is 1. The number of nitrogens with zero attached hydrogens (tertiary/aromatic N) is 1. The van der Waals surface area contributed by atoms with Crippen LogP contribution in [-0.4, -0.2) is 21.4 Å². The number of nitriles is 1. The minimum absolute atomic E-state index is 0.0389. The van der Waals surface area contributed by atoms with E-state index >= 15 is 0 Å². The summed E-state index contributed by atoms with van der Waals surface area (Å²) in [5.41, 5.74) is 1.28. The van der Waals surface area contributed by atoms with Crippen molar-refractivity contribution in [2.24, 2.45) is 0 Å². The molecule has 0 bridgehead atoms. The molecule has 0 radical (unpaired) electrons. The van der Waals surface area contributed by atoms with E-state index in [1.54, 1.807) is 12.1 Å². The van der Waals surface area contributed by atoms with Crippen molar-refractivity contribution in [1.29, 1.82) is 5.26 Å². The number of hydrogen-bond donors (Lipinski definition) is 2. The summed E-state index contributed by atoms with van der Waals surface area (Å²) in [6.45, 7) is 3.97. The molecule has 0 spiro atoms. The summed E-state index contributed by atoms with van der Waals surface area (Å²) in [6, 6.07) is 8.41. The van der Waals surface area contributed by atoms with E-state index in [1.165, 1.54) is 23.9 Å². The van der Waals surface area contributed by atoms with Gasteiger partial charge in [-0.3, -0.25) is 0 Å². The number of carboxylic acid groups (broad SMARTS) is 1. The SMILES string of the molecule is CC(C)Sc1sc(C(=O)O)c(-c2cccc(O)c2)c1C#N. The summed E-state index contributed by atoms with van der Waals surface area (Å²) in [5.74, 6) is -1.03. The van der Waals surface area contributed by atoms with E-state index in [0.717, 1.165) is 11.3 Å². The Morgan fingerprint density at radius 1 is 1.43 bits per heavy atom. The second-order valence-corrected chi connectivity index (χ2v) is 7.47. The fourth-order valence-electron chi connectivity index (χ4n) is 1.90. The molecule has 2 N–H and O–H groups in total. The normalized spacial score (nSPS) is 10.6. The molecule has 0 amide bonds. The highest BCUT2D eigenvalue weighted by Gasteiger charge is 2.24. The Hall–Kier alpha value is -1.97. The van der Waals surface area contributed by atoms with Gasteiger partial charge in [0, 0.05) is 10.8 Å². The second-order valence-electron chi connectivity index (χ2n) is 4.60. The van der Waals surface area contributed by atoms with Crippen LogP contribution in [0, 0.1) is 11.3 Å². The molecule has 1 heterocycles. The van der Waals surface area contributed by atoms with Crippen LogP contribution >= 0.6 is 23.1 Å². The van der Waals surface area contributed by atoms with Crippen molar-refractivity contribution >= 4 is 29.1 Å². The van der Waals surface area contributed by atoms with Gasteiger partial charge < -0.3 is 10.2 Å². The Kier molecular flexibility index (Phi) is 4.56. The zero-order valence-electron chi connectivity index (χ0n) is 11.5. The van der Waals surface area contributed by atoms with Gasteiger partial charge in [0.15, 0.2) is 0 Å². The molecule has 0 aliphatic carbocycles. The molecule has 0 fully saturated rings. The molecule has 0 saturated heterocycles. The largest absolute Gasteiger partial charge is 0.508 e. The van der Waals surface area contributed by atoms with Gasteiger partial charge in [-0.05, 0) is 17.7 Å². The fourth-order valence-corrected chi connectivity index (χ4v) is 4.45. The van der Waals surface area contributed by atoms with Crippen molar-refractivity contribution in [3.63, 3.8) is 0 Å². The van der Waals surface area contributed by atoms with Gasteiger partial charge >= 0.3 is 5.97 Å². The van der Waals surface area contributed by atoms with E-state index in [2.05, 4.69) is 6.07 Å². The molecule has 0 aliphatic heterocycles. The number of rotatable bonds is 4. The first-order valence-electron chi connectivity index (χ1n) is 6.20. The van der Waals surface area contributed by atoms with Gasteiger partial charge in [0.1, 0.15) is 16.7 Å². The van der Waals surface area contributed by atoms with Crippen LogP contribution in [0.3, 0.4) is 0 Å².